The Balaban J connectivity index is 2.57. The van der Waals surface area contributed by atoms with E-state index in [9.17, 15) is 5.11 Å². The van der Waals surface area contributed by atoms with Crippen LogP contribution >= 0.6 is 0 Å². The van der Waals surface area contributed by atoms with Crippen molar-refractivity contribution in [3.63, 3.8) is 0 Å². The lowest BCUT2D eigenvalue weighted by molar-refractivity contribution is 0.0132. The van der Waals surface area contributed by atoms with Gasteiger partial charge >= 0.3 is 0 Å². The Bertz CT molecular complexity index is 318. The summed E-state index contributed by atoms with van der Waals surface area (Å²) in [5, 5.41) is 21.2. The van der Waals surface area contributed by atoms with Gasteiger partial charge in [0.25, 0.3) is 0 Å². The molecule has 84 valence electrons. The van der Waals surface area contributed by atoms with E-state index in [1.54, 1.807) is 6.07 Å². The number of nitrogens with zero attached hydrogens (tertiary/aromatic N) is 2. The van der Waals surface area contributed by atoms with Gasteiger partial charge in [0.05, 0.1) is 6.61 Å². The van der Waals surface area contributed by atoms with E-state index in [0.717, 1.165) is 0 Å². The van der Waals surface area contributed by atoms with Gasteiger partial charge in [0.1, 0.15) is 11.4 Å². The molecular formula is C8H15N5O2. The summed E-state index contributed by atoms with van der Waals surface area (Å²) in [6.45, 7) is 1.38. The molecule has 1 heterocycles. The minimum Gasteiger partial charge on any atom is -0.393 e. The van der Waals surface area contributed by atoms with Crippen LogP contribution in [-0.2, 0) is 0 Å². The molecule has 15 heavy (non-hydrogen) atoms. The Morgan fingerprint density at radius 2 is 2.33 bits per heavy atom. The van der Waals surface area contributed by atoms with Crippen LogP contribution in [0, 0.1) is 0 Å². The normalized spacial score (nSPS) is 14.4. The van der Waals surface area contributed by atoms with Crippen molar-refractivity contribution >= 4 is 11.8 Å². The Morgan fingerprint density at radius 3 is 2.93 bits per heavy atom. The number of hydrazine groups is 1. The van der Waals surface area contributed by atoms with Crippen LogP contribution in [0.25, 0.3) is 0 Å². The smallest absolute Gasteiger partial charge is 0.239 e. The van der Waals surface area contributed by atoms with Crippen LogP contribution in [0.4, 0.5) is 11.8 Å². The molecule has 1 atom stereocenters. The molecule has 0 fully saturated rings. The van der Waals surface area contributed by atoms with Gasteiger partial charge in [0.2, 0.25) is 5.95 Å². The summed E-state index contributed by atoms with van der Waals surface area (Å²) in [6, 6.07) is 1.63. The third-order valence-corrected chi connectivity index (χ3v) is 1.78. The molecule has 7 nitrogen and oxygen atoms in total. The van der Waals surface area contributed by atoms with Crippen LogP contribution in [0.2, 0.25) is 0 Å². The van der Waals surface area contributed by atoms with Crippen molar-refractivity contribution in [2.75, 3.05) is 23.9 Å². The number of aliphatic hydroxyl groups is 2. The topological polar surface area (TPSA) is 116 Å². The molecule has 7 heteroatoms. The molecule has 0 amide bonds. The Morgan fingerprint density at radius 1 is 1.60 bits per heavy atom. The zero-order valence-corrected chi connectivity index (χ0v) is 8.44. The number of hydrogen-bond acceptors (Lipinski definition) is 7. The number of nitrogens with one attached hydrogen (secondary N) is 2. The van der Waals surface area contributed by atoms with Crippen molar-refractivity contribution in [3.8, 4) is 0 Å². The molecule has 0 aliphatic carbocycles. The molecule has 1 aromatic rings. The predicted octanol–water partition coefficient (Wildman–Crippen LogP) is -1.08. The molecule has 0 bridgehead atoms. The molecular weight excluding hydrogens is 198 g/mol. The summed E-state index contributed by atoms with van der Waals surface area (Å²) in [4.78, 5) is 7.80. The van der Waals surface area contributed by atoms with Crippen LogP contribution in [0.3, 0.4) is 0 Å². The molecule has 0 saturated carbocycles. The van der Waals surface area contributed by atoms with E-state index in [1.165, 1.54) is 13.1 Å². The summed E-state index contributed by atoms with van der Waals surface area (Å²) in [6.07, 6.45) is 1.53. The lowest BCUT2D eigenvalue weighted by atomic mass is 10.1. The lowest BCUT2D eigenvalue weighted by Crippen LogP contribution is -2.37. The standard InChI is InChI=1S/C8H15N5O2/c1-8(15,5-14)4-11-6-2-3-10-7(12-6)13-9/h2-3,14-15H,4-5,9H2,1H3,(H2,10,11,12,13). The van der Waals surface area contributed by atoms with Gasteiger partial charge in [-0.3, -0.25) is 5.43 Å². The maximum Gasteiger partial charge on any atom is 0.239 e. The summed E-state index contributed by atoms with van der Waals surface area (Å²) < 4.78 is 0. The van der Waals surface area contributed by atoms with E-state index < -0.39 is 5.60 Å². The van der Waals surface area contributed by atoms with Crippen LogP contribution in [0.15, 0.2) is 12.3 Å². The fraction of sp³-hybridized carbons (Fsp3) is 0.500. The zero-order valence-electron chi connectivity index (χ0n) is 8.44. The molecule has 1 rings (SSSR count). The molecule has 0 aromatic carbocycles. The molecule has 1 unspecified atom stereocenters. The summed E-state index contributed by atoms with van der Waals surface area (Å²) in [5.41, 5.74) is 1.13. The van der Waals surface area contributed by atoms with E-state index in [-0.39, 0.29) is 19.1 Å². The molecule has 0 aliphatic heterocycles. The van der Waals surface area contributed by atoms with Gasteiger partial charge in [-0.15, -0.1) is 0 Å². The summed E-state index contributed by atoms with van der Waals surface area (Å²) >= 11 is 0. The highest BCUT2D eigenvalue weighted by Gasteiger charge is 2.18. The first kappa shape index (κ1) is 11.6. The van der Waals surface area contributed by atoms with E-state index in [4.69, 9.17) is 10.9 Å². The summed E-state index contributed by atoms with van der Waals surface area (Å²) in [7, 11) is 0. The fourth-order valence-electron chi connectivity index (χ4n) is 0.864. The first-order valence-electron chi connectivity index (χ1n) is 4.44. The van der Waals surface area contributed by atoms with Gasteiger partial charge in [-0.1, -0.05) is 0 Å². The van der Waals surface area contributed by atoms with E-state index in [0.29, 0.717) is 5.82 Å². The first-order valence-corrected chi connectivity index (χ1v) is 4.44. The monoisotopic (exact) mass is 213 g/mol. The quantitative estimate of drug-likeness (QED) is 0.312. The van der Waals surface area contributed by atoms with Gasteiger partial charge in [-0.25, -0.2) is 10.8 Å². The van der Waals surface area contributed by atoms with Crippen molar-refractivity contribution in [1.82, 2.24) is 9.97 Å². The van der Waals surface area contributed by atoms with Gasteiger partial charge in [-0.05, 0) is 13.0 Å². The van der Waals surface area contributed by atoms with Crippen LogP contribution in [-0.4, -0.2) is 38.9 Å². The highest BCUT2D eigenvalue weighted by Crippen LogP contribution is 2.07. The second-order valence-corrected chi connectivity index (χ2v) is 3.42. The average molecular weight is 213 g/mol. The minimum absolute atomic E-state index is 0.185. The third kappa shape index (κ3) is 3.66. The predicted molar refractivity (Wildman–Crippen MR) is 56.0 cm³/mol. The highest BCUT2D eigenvalue weighted by molar-refractivity contribution is 5.39. The van der Waals surface area contributed by atoms with Gasteiger partial charge in [0.15, 0.2) is 0 Å². The Labute approximate surface area is 87.3 Å². The van der Waals surface area contributed by atoms with Crippen LogP contribution in [0.1, 0.15) is 6.92 Å². The minimum atomic E-state index is -1.18. The van der Waals surface area contributed by atoms with E-state index >= 15 is 0 Å². The molecule has 0 aliphatic rings. The number of anilines is 2. The van der Waals surface area contributed by atoms with Crippen molar-refractivity contribution in [2.24, 2.45) is 5.84 Å². The van der Waals surface area contributed by atoms with Gasteiger partial charge in [0, 0.05) is 12.7 Å². The number of aliphatic hydroxyl groups excluding tert-OH is 1. The number of nitrogen functional groups attached to an aromatic ring is 1. The maximum atomic E-state index is 9.51. The second-order valence-electron chi connectivity index (χ2n) is 3.42. The third-order valence-electron chi connectivity index (χ3n) is 1.78. The number of nitrogens with two attached hydrogens (primary N) is 1. The van der Waals surface area contributed by atoms with Crippen LogP contribution in [0.5, 0.6) is 0 Å². The van der Waals surface area contributed by atoms with Gasteiger partial charge < -0.3 is 15.5 Å². The number of hydrogen-bond donors (Lipinski definition) is 5. The van der Waals surface area contributed by atoms with Crippen LogP contribution < -0.4 is 16.6 Å². The van der Waals surface area contributed by atoms with Crippen molar-refractivity contribution in [2.45, 2.75) is 12.5 Å². The number of aromatic nitrogens is 2. The van der Waals surface area contributed by atoms with E-state index in [1.807, 2.05) is 0 Å². The van der Waals surface area contributed by atoms with Crippen molar-refractivity contribution in [1.29, 1.82) is 0 Å². The fourth-order valence-corrected chi connectivity index (χ4v) is 0.864. The largest absolute Gasteiger partial charge is 0.393 e. The average Bonchev–Trinajstić information content (AvgIpc) is 2.27. The lowest BCUT2D eigenvalue weighted by Gasteiger charge is -2.20. The molecule has 0 spiro atoms. The molecule has 0 radical (unpaired) electrons. The highest BCUT2D eigenvalue weighted by atomic mass is 16.3. The zero-order chi connectivity index (χ0) is 11.3. The van der Waals surface area contributed by atoms with Crippen molar-refractivity contribution < 1.29 is 10.2 Å². The maximum absolute atomic E-state index is 9.51. The SMILES string of the molecule is CC(O)(CO)CNc1ccnc(NN)n1. The Hall–Kier alpha value is -1.44. The second kappa shape index (κ2) is 4.87. The number of rotatable bonds is 5. The molecule has 0 saturated heterocycles. The molecule has 1 aromatic heterocycles. The van der Waals surface area contributed by atoms with Crippen molar-refractivity contribution in [3.05, 3.63) is 12.3 Å². The van der Waals surface area contributed by atoms with Gasteiger partial charge in [-0.2, -0.15) is 4.98 Å². The first-order chi connectivity index (χ1) is 7.07. The Kier molecular flexibility index (Phi) is 3.78. The molecule has 6 N–H and O–H groups in total. The summed E-state index contributed by atoms with van der Waals surface area (Å²) in [5.74, 6) is 5.94. The van der Waals surface area contributed by atoms with E-state index in [2.05, 4.69) is 20.7 Å².